The van der Waals surface area contributed by atoms with Crippen LogP contribution in [0.3, 0.4) is 0 Å². The van der Waals surface area contributed by atoms with Crippen molar-refractivity contribution >= 4 is 33.8 Å². The minimum Gasteiger partial charge on any atom is -0.497 e. The summed E-state index contributed by atoms with van der Waals surface area (Å²) in [6, 6.07) is 15.7. The Balaban J connectivity index is 0.000000255. The van der Waals surface area contributed by atoms with Gasteiger partial charge in [0.05, 0.1) is 25.3 Å². The molecule has 0 spiro atoms. The van der Waals surface area contributed by atoms with Crippen LogP contribution in [0.5, 0.6) is 11.5 Å². The van der Waals surface area contributed by atoms with Crippen LogP contribution >= 0.6 is 0 Å². The monoisotopic (exact) mass is 548 g/mol. The number of rotatable bonds is 3. The zero-order valence-electron chi connectivity index (χ0n) is 24.7. The maximum atomic E-state index is 13.2. The average Bonchev–Trinajstić information content (AvgIpc) is 3.46. The largest absolute Gasteiger partial charge is 0.497 e. The number of piperazine rings is 1. The first-order valence-corrected chi connectivity index (χ1v) is 13.4. The van der Waals surface area contributed by atoms with Gasteiger partial charge in [0.1, 0.15) is 22.8 Å². The molecule has 0 saturated carbocycles. The molecule has 0 unspecified atom stereocenters. The minimum absolute atomic E-state index is 0.0333. The lowest BCUT2D eigenvalue weighted by atomic mass is 10.1. The van der Waals surface area contributed by atoms with E-state index in [2.05, 4.69) is 16.7 Å². The van der Waals surface area contributed by atoms with E-state index in [0.29, 0.717) is 25.3 Å². The van der Waals surface area contributed by atoms with Crippen molar-refractivity contribution in [2.24, 2.45) is 14.1 Å². The van der Waals surface area contributed by atoms with Gasteiger partial charge in [-0.1, -0.05) is 0 Å². The van der Waals surface area contributed by atoms with Crippen LogP contribution in [-0.4, -0.2) is 76.4 Å². The lowest BCUT2D eigenvalue weighted by molar-refractivity contribution is 0.00599. The Hall–Kier alpha value is -4.14. The summed E-state index contributed by atoms with van der Waals surface area (Å²) < 4.78 is 19.9. The van der Waals surface area contributed by atoms with Crippen LogP contribution in [-0.2, 0) is 18.8 Å². The molecule has 0 N–H and O–H groups in total. The van der Waals surface area contributed by atoms with E-state index < -0.39 is 5.60 Å². The SMILES string of the molecule is COc1ccc2cc(C(=O)N3CCN(C(=O)OC(C)(C)C)C[C@H]3C)n(C)c2c1.COc1ccc2ccn(C)c2c1. The molecule has 214 valence electrons. The van der Waals surface area contributed by atoms with Gasteiger partial charge in [0.15, 0.2) is 0 Å². The molecule has 1 aliphatic rings. The normalized spacial score (nSPS) is 15.6. The second-order valence-corrected chi connectivity index (χ2v) is 11.1. The first-order chi connectivity index (χ1) is 18.9. The Morgan fingerprint density at radius 1 is 0.850 bits per heavy atom. The average molecular weight is 549 g/mol. The second-order valence-electron chi connectivity index (χ2n) is 11.1. The fourth-order valence-electron chi connectivity index (χ4n) is 4.91. The van der Waals surface area contributed by atoms with E-state index in [1.54, 1.807) is 19.1 Å². The molecule has 1 atom stereocenters. The van der Waals surface area contributed by atoms with Crippen molar-refractivity contribution in [3.63, 3.8) is 0 Å². The number of fused-ring (bicyclic) bond motifs is 2. The van der Waals surface area contributed by atoms with E-state index in [9.17, 15) is 9.59 Å². The zero-order valence-corrected chi connectivity index (χ0v) is 24.7. The van der Waals surface area contributed by atoms with Gasteiger partial charge in [0, 0.05) is 63.5 Å². The molecule has 3 heterocycles. The van der Waals surface area contributed by atoms with Crippen molar-refractivity contribution < 1.29 is 23.8 Å². The van der Waals surface area contributed by atoms with Crippen LogP contribution in [0.25, 0.3) is 21.8 Å². The topological polar surface area (TPSA) is 78.2 Å². The molecule has 0 aliphatic carbocycles. The summed E-state index contributed by atoms with van der Waals surface area (Å²) in [4.78, 5) is 29.0. The lowest BCUT2D eigenvalue weighted by Gasteiger charge is -2.40. The number of hydrogen-bond donors (Lipinski definition) is 0. The van der Waals surface area contributed by atoms with E-state index in [-0.39, 0.29) is 18.0 Å². The number of carbonyl (C=O) groups is 2. The van der Waals surface area contributed by atoms with Gasteiger partial charge in [-0.3, -0.25) is 4.79 Å². The van der Waals surface area contributed by atoms with E-state index in [4.69, 9.17) is 14.2 Å². The molecule has 2 amide bonds. The molecule has 1 saturated heterocycles. The molecule has 2 aromatic heterocycles. The van der Waals surface area contributed by atoms with Gasteiger partial charge in [0.25, 0.3) is 5.91 Å². The quantitative estimate of drug-likeness (QED) is 0.340. The number of benzene rings is 2. The number of nitrogens with zero attached hydrogens (tertiary/aromatic N) is 4. The van der Waals surface area contributed by atoms with Gasteiger partial charge >= 0.3 is 6.09 Å². The number of methoxy groups -OCH3 is 2. The summed E-state index contributed by atoms with van der Waals surface area (Å²) in [5.41, 5.74) is 2.25. The van der Waals surface area contributed by atoms with E-state index in [1.807, 2.05) is 93.9 Å². The van der Waals surface area contributed by atoms with Gasteiger partial charge < -0.3 is 33.1 Å². The maximum absolute atomic E-state index is 13.2. The molecule has 1 aliphatic heterocycles. The number of aromatic nitrogens is 2. The lowest BCUT2D eigenvalue weighted by Crippen LogP contribution is -2.56. The fraction of sp³-hybridized carbons (Fsp3) is 0.419. The van der Waals surface area contributed by atoms with Gasteiger partial charge in [0.2, 0.25) is 0 Å². The van der Waals surface area contributed by atoms with Crippen LogP contribution in [0.2, 0.25) is 0 Å². The highest BCUT2D eigenvalue weighted by molar-refractivity contribution is 5.99. The summed E-state index contributed by atoms with van der Waals surface area (Å²) in [7, 11) is 7.23. The molecular formula is C31H40N4O5. The van der Waals surface area contributed by atoms with Crippen molar-refractivity contribution in [1.82, 2.24) is 18.9 Å². The van der Waals surface area contributed by atoms with Gasteiger partial charge in [-0.05, 0) is 69.5 Å². The first kappa shape index (κ1) is 28.9. The van der Waals surface area contributed by atoms with Crippen molar-refractivity contribution in [2.75, 3.05) is 33.9 Å². The summed E-state index contributed by atoms with van der Waals surface area (Å²) in [6.07, 6.45) is 1.72. The Morgan fingerprint density at radius 3 is 2.08 bits per heavy atom. The van der Waals surface area contributed by atoms with E-state index >= 15 is 0 Å². The highest BCUT2D eigenvalue weighted by atomic mass is 16.6. The maximum Gasteiger partial charge on any atom is 0.410 e. The highest BCUT2D eigenvalue weighted by Crippen LogP contribution is 2.26. The van der Waals surface area contributed by atoms with Crippen LogP contribution < -0.4 is 9.47 Å². The van der Waals surface area contributed by atoms with Crippen molar-refractivity contribution in [1.29, 1.82) is 0 Å². The van der Waals surface area contributed by atoms with Gasteiger partial charge in [-0.2, -0.15) is 0 Å². The third-order valence-corrected chi connectivity index (χ3v) is 7.11. The molecular weight excluding hydrogens is 508 g/mol. The zero-order chi connectivity index (χ0) is 29.2. The molecule has 5 rings (SSSR count). The molecule has 2 aromatic carbocycles. The molecule has 0 radical (unpaired) electrons. The Morgan fingerprint density at radius 2 is 1.48 bits per heavy atom. The van der Waals surface area contributed by atoms with E-state index in [1.165, 1.54) is 10.9 Å². The molecule has 9 heteroatoms. The molecule has 9 nitrogen and oxygen atoms in total. The van der Waals surface area contributed by atoms with Crippen molar-refractivity contribution in [3.05, 3.63) is 60.4 Å². The molecule has 1 fully saturated rings. The Kier molecular flexibility index (Phi) is 8.32. The smallest absolute Gasteiger partial charge is 0.410 e. The van der Waals surface area contributed by atoms with Crippen LogP contribution in [0.4, 0.5) is 4.79 Å². The summed E-state index contributed by atoms with van der Waals surface area (Å²) >= 11 is 0. The Bertz CT molecular complexity index is 1510. The number of carbonyl (C=O) groups excluding carboxylic acids is 2. The molecule has 4 aromatic rings. The predicted molar refractivity (Wildman–Crippen MR) is 157 cm³/mol. The molecule has 40 heavy (non-hydrogen) atoms. The summed E-state index contributed by atoms with van der Waals surface area (Å²) in [5.74, 6) is 1.63. The first-order valence-electron chi connectivity index (χ1n) is 13.4. The second kappa shape index (κ2) is 11.5. The standard InChI is InChI=1S/C21H29N3O4.C10H11NO/c1-14-13-23(20(26)28-21(2,3)4)9-10-24(14)19(25)18-11-15-7-8-16(27-6)12-17(15)22(18)5;1-11-6-5-8-3-4-9(12-2)7-10(8)11/h7-8,11-12,14H,9-10,13H2,1-6H3;3-7H,1-2H3/t14-;/m1./s1. The summed E-state index contributed by atoms with van der Waals surface area (Å²) in [6.45, 7) is 8.90. The van der Waals surface area contributed by atoms with Crippen molar-refractivity contribution in [2.45, 2.75) is 39.3 Å². The minimum atomic E-state index is -0.530. The number of hydrogen-bond acceptors (Lipinski definition) is 5. The van der Waals surface area contributed by atoms with Crippen LogP contribution in [0, 0.1) is 0 Å². The number of ether oxygens (including phenoxy) is 3. The van der Waals surface area contributed by atoms with Gasteiger partial charge in [-0.15, -0.1) is 0 Å². The predicted octanol–water partition coefficient (Wildman–Crippen LogP) is 5.46. The van der Waals surface area contributed by atoms with Gasteiger partial charge in [-0.25, -0.2) is 4.79 Å². The fourth-order valence-corrected chi connectivity index (χ4v) is 4.91. The Labute approximate surface area is 235 Å². The third kappa shape index (κ3) is 6.19. The van der Waals surface area contributed by atoms with E-state index in [0.717, 1.165) is 22.4 Å². The highest BCUT2D eigenvalue weighted by Gasteiger charge is 2.33. The number of aryl methyl sites for hydroxylation is 2. The molecule has 0 bridgehead atoms. The number of amides is 2. The van der Waals surface area contributed by atoms with Crippen molar-refractivity contribution in [3.8, 4) is 11.5 Å². The summed E-state index contributed by atoms with van der Waals surface area (Å²) in [5, 5.41) is 2.24. The van der Waals surface area contributed by atoms with Crippen LogP contribution in [0.15, 0.2) is 54.7 Å². The van der Waals surface area contributed by atoms with Crippen LogP contribution in [0.1, 0.15) is 38.2 Å². The third-order valence-electron chi connectivity index (χ3n) is 7.11.